The Morgan fingerprint density at radius 3 is 2.10 bits per heavy atom. The molecule has 0 aliphatic rings. The number of ketones is 1. The summed E-state index contributed by atoms with van der Waals surface area (Å²) in [5, 5.41) is 5.08. The van der Waals surface area contributed by atoms with Crippen molar-refractivity contribution >= 4 is 17.4 Å². The van der Waals surface area contributed by atoms with Crippen LogP contribution >= 0.6 is 0 Å². The van der Waals surface area contributed by atoms with Gasteiger partial charge in [0.05, 0.1) is 5.69 Å². The molecule has 1 heterocycles. The van der Waals surface area contributed by atoms with Gasteiger partial charge in [-0.15, -0.1) is 0 Å². The molecule has 0 aliphatic heterocycles. The van der Waals surface area contributed by atoms with Crippen molar-refractivity contribution in [2.75, 3.05) is 5.32 Å². The molecule has 31 heavy (non-hydrogen) atoms. The first kappa shape index (κ1) is 22.1. The number of para-hydroxylation sites is 1. The van der Waals surface area contributed by atoms with E-state index in [1.807, 2.05) is 5.32 Å². The summed E-state index contributed by atoms with van der Waals surface area (Å²) in [6.45, 7) is 1.22. The summed E-state index contributed by atoms with van der Waals surface area (Å²) >= 11 is 0. The van der Waals surface area contributed by atoms with Gasteiger partial charge >= 0.3 is 12.4 Å². The summed E-state index contributed by atoms with van der Waals surface area (Å²) in [7, 11) is 0. The molecule has 0 saturated heterocycles. The second-order valence-corrected chi connectivity index (χ2v) is 6.41. The lowest BCUT2D eigenvalue weighted by molar-refractivity contribution is -0.144. The first-order chi connectivity index (χ1) is 14.4. The molecule has 0 fully saturated rings. The predicted molar refractivity (Wildman–Crippen MR) is 98.0 cm³/mol. The lowest BCUT2D eigenvalue weighted by Gasteiger charge is -2.13. The van der Waals surface area contributed by atoms with Crippen LogP contribution in [0.15, 0.2) is 54.6 Å². The van der Waals surface area contributed by atoms with Gasteiger partial charge in [0.1, 0.15) is 5.56 Å². The topological polar surface area (TPSA) is 64.0 Å². The van der Waals surface area contributed by atoms with Gasteiger partial charge < -0.3 is 5.32 Å². The molecule has 1 N–H and O–H groups in total. The number of alkyl halides is 6. The molecular weight excluding hydrogens is 428 g/mol. The normalized spacial score (nSPS) is 12.0. The molecule has 1 amide bonds. The minimum atomic E-state index is -5.34. The van der Waals surface area contributed by atoms with E-state index in [-0.39, 0.29) is 21.6 Å². The van der Waals surface area contributed by atoms with Crippen molar-refractivity contribution in [3.05, 3.63) is 77.1 Å². The molecule has 1 aromatic heterocycles. The average molecular weight is 441 g/mol. The van der Waals surface area contributed by atoms with Gasteiger partial charge in [-0.3, -0.25) is 9.59 Å². The third-order valence-electron chi connectivity index (χ3n) is 4.18. The fourth-order valence-electron chi connectivity index (χ4n) is 2.86. The van der Waals surface area contributed by atoms with Crippen LogP contribution in [0.4, 0.5) is 32.0 Å². The van der Waals surface area contributed by atoms with E-state index >= 15 is 0 Å². The van der Waals surface area contributed by atoms with E-state index < -0.39 is 41.0 Å². The molecule has 0 unspecified atom stereocenters. The quantitative estimate of drug-likeness (QED) is 0.438. The highest BCUT2D eigenvalue weighted by atomic mass is 19.4. The second-order valence-electron chi connectivity index (χ2n) is 6.41. The Morgan fingerprint density at radius 1 is 0.903 bits per heavy atom. The molecule has 0 spiro atoms. The van der Waals surface area contributed by atoms with Crippen LogP contribution in [-0.4, -0.2) is 21.5 Å². The first-order valence-electron chi connectivity index (χ1n) is 8.65. The van der Waals surface area contributed by atoms with Crippen molar-refractivity contribution in [1.82, 2.24) is 9.78 Å². The van der Waals surface area contributed by atoms with Crippen LogP contribution in [0.1, 0.15) is 39.0 Å². The summed E-state index contributed by atoms with van der Waals surface area (Å²) in [5.74, 6) is -2.07. The number of aromatic nitrogens is 2. The third kappa shape index (κ3) is 4.60. The van der Waals surface area contributed by atoms with E-state index in [0.29, 0.717) is 0 Å². The molecule has 0 saturated carbocycles. The van der Waals surface area contributed by atoms with Crippen LogP contribution < -0.4 is 5.32 Å². The SMILES string of the molecule is CC(=O)c1cccc(NC(=O)c2c(C(F)(F)F)nn(-c3ccccc3)c2C(F)(F)F)c1. The average Bonchev–Trinajstić information content (AvgIpc) is 3.11. The number of hydrogen-bond donors (Lipinski definition) is 1. The number of amides is 1. The number of rotatable bonds is 4. The highest BCUT2D eigenvalue weighted by molar-refractivity contribution is 6.07. The number of carbonyl (C=O) groups excluding carboxylic acids is 2. The van der Waals surface area contributed by atoms with Crippen LogP contribution in [-0.2, 0) is 12.4 Å². The molecule has 11 heteroatoms. The third-order valence-corrected chi connectivity index (χ3v) is 4.18. The molecule has 0 aliphatic carbocycles. The molecule has 5 nitrogen and oxygen atoms in total. The number of anilines is 1. The molecule has 0 bridgehead atoms. The minimum absolute atomic E-state index is 0.0454. The number of benzene rings is 2. The van der Waals surface area contributed by atoms with Gasteiger partial charge in [-0.2, -0.15) is 31.4 Å². The summed E-state index contributed by atoms with van der Waals surface area (Å²) in [6.07, 6.45) is -10.7. The van der Waals surface area contributed by atoms with E-state index in [4.69, 9.17) is 0 Å². The fourth-order valence-corrected chi connectivity index (χ4v) is 2.86. The van der Waals surface area contributed by atoms with Crippen molar-refractivity contribution < 1.29 is 35.9 Å². The smallest absolute Gasteiger partial charge is 0.322 e. The fraction of sp³-hybridized carbons (Fsp3) is 0.150. The van der Waals surface area contributed by atoms with Gasteiger partial charge in [-0.1, -0.05) is 30.3 Å². The molecular formula is C20H13F6N3O2. The van der Waals surface area contributed by atoms with E-state index in [1.54, 1.807) is 0 Å². The van der Waals surface area contributed by atoms with Crippen LogP contribution in [0, 0.1) is 0 Å². The molecule has 0 radical (unpaired) electrons. The maximum atomic E-state index is 13.8. The Hall–Kier alpha value is -3.63. The van der Waals surface area contributed by atoms with Gasteiger partial charge in [-0.25, -0.2) is 4.68 Å². The van der Waals surface area contributed by atoms with Gasteiger partial charge in [0, 0.05) is 11.3 Å². The lowest BCUT2D eigenvalue weighted by Crippen LogP contribution is -2.23. The van der Waals surface area contributed by atoms with E-state index in [9.17, 15) is 35.9 Å². The Balaban J connectivity index is 2.20. The van der Waals surface area contributed by atoms with Crippen molar-refractivity contribution in [3.63, 3.8) is 0 Å². The minimum Gasteiger partial charge on any atom is -0.322 e. The monoisotopic (exact) mass is 441 g/mol. The zero-order valence-corrected chi connectivity index (χ0v) is 15.7. The van der Waals surface area contributed by atoms with Crippen molar-refractivity contribution in [1.29, 1.82) is 0 Å². The Morgan fingerprint density at radius 2 is 1.55 bits per heavy atom. The lowest BCUT2D eigenvalue weighted by atomic mass is 10.1. The van der Waals surface area contributed by atoms with Gasteiger partial charge in [-0.05, 0) is 31.2 Å². The highest BCUT2D eigenvalue weighted by Crippen LogP contribution is 2.40. The summed E-state index contributed by atoms with van der Waals surface area (Å²) in [4.78, 5) is 24.1. The first-order valence-corrected chi connectivity index (χ1v) is 8.65. The molecule has 2 aromatic carbocycles. The highest BCUT2D eigenvalue weighted by Gasteiger charge is 2.49. The van der Waals surface area contributed by atoms with Crippen LogP contribution in [0.3, 0.4) is 0 Å². The van der Waals surface area contributed by atoms with Crippen LogP contribution in [0.25, 0.3) is 5.69 Å². The van der Waals surface area contributed by atoms with Crippen molar-refractivity contribution in [3.8, 4) is 5.69 Å². The van der Waals surface area contributed by atoms with E-state index in [0.717, 1.165) is 18.2 Å². The van der Waals surface area contributed by atoms with Crippen LogP contribution in [0.5, 0.6) is 0 Å². The molecule has 3 aromatic rings. The van der Waals surface area contributed by atoms with Crippen molar-refractivity contribution in [2.24, 2.45) is 0 Å². The molecule has 0 atom stereocenters. The maximum Gasteiger partial charge on any atom is 0.436 e. The zero-order valence-electron chi connectivity index (χ0n) is 15.7. The zero-order chi connectivity index (χ0) is 23.0. The number of halogens is 6. The largest absolute Gasteiger partial charge is 0.436 e. The van der Waals surface area contributed by atoms with E-state index in [1.165, 1.54) is 43.3 Å². The van der Waals surface area contributed by atoms with E-state index in [2.05, 4.69) is 5.10 Å². The summed E-state index contributed by atoms with van der Waals surface area (Å²) in [5.41, 5.74) is -5.86. The van der Waals surface area contributed by atoms with Gasteiger partial charge in [0.2, 0.25) is 0 Å². The summed E-state index contributed by atoms with van der Waals surface area (Å²) < 4.78 is 82.1. The van der Waals surface area contributed by atoms with Gasteiger partial charge in [0.25, 0.3) is 5.91 Å². The standard InChI is InChI=1S/C20H13F6N3O2/c1-11(30)12-6-5-7-13(10-12)27-18(31)15-16(19(21,22)23)28-29(17(15)20(24,25)26)14-8-3-2-4-9-14/h2-10H,1H3,(H,27,31). The number of Topliss-reactive ketones (excluding diaryl/α,β-unsaturated/α-hetero) is 1. The molecule has 162 valence electrons. The maximum absolute atomic E-state index is 13.8. The van der Waals surface area contributed by atoms with Gasteiger partial charge in [0.15, 0.2) is 17.2 Å². The number of nitrogens with zero attached hydrogens (tertiary/aromatic N) is 2. The Labute approximate surface area is 171 Å². The number of hydrogen-bond acceptors (Lipinski definition) is 3. The summed E-state index contributed by atoms with van der Waals surface area (Å²) in [6, 6.07) is 11.4. The second kappa shape index (κ2) is 7.89. The Kier molecular flexibility index (Phi) is 5.62. The van der Waals surface area contributed by atoms with Crippen molar-refractivity contribution in [2.45, 2.75) is 19.3 Å². The molecule has 3 rings (SSSR count). The van der Waals surface area contributed by atoms with Crippen LogP contribution in [0.2, 0.25) is 0 Å². The number of nitrogens with one attached hydrogen (secondary N) is 1. The number of carbonyl (C=O) groups is 2. The Bertz CT molecular complexity index is 1130. The predicted octanol–water partition coefficient (Wildman–Crippen LogP) is 5.36.